The van der Waals surface area contributed by atoms with Gasteiger partial charge in [-0.15, -0.1) is 11.8 Å². The molecule has 0 spiro atoms. The Hall–Kier alpha value is -1.05. The molecule has 0 N–H and O–H groups in total. The molecule has 0 unspecified atom stereocenters. The van der Waals surface area contributed by atoms with Crippen molar-refractivity contribution in [3.8, 4) is 0 Å². The van der Waals surface area contributed by atoms with Crippen molar-refractivity contribution in [2.24, 2.45) is 0 Å². The first-order valence-corrected chi connectivity index (χ1v) is 13.2. The average molecular weight is 468 g/mol. The molecule has 2 aromatic carbocycles. The number of rotatable bonds is 6. The van der Waals surface area contributed by atoms with Crippen LogP contribution in [0.1, 0.15) is 44.7 Å². The maximum absolute atomic E-state index is 13.7. The third kappa shape index (κ3) is 5.40. The van der Waals surface area contributed by atoms with E-state index in [0.717, 1.165) is 16.0 Å². The van der Waals surface area contributed by atoms with Gasteiger partial charge in [-0.3, -0.25) is 0 Å². The lowest BCUT2D eigenvalue weighted by molar-refractivity contribution is 0.0569. The van der Waals surface area contributed by atoms with Crippen LogP contribution in [-0.4, -0.2) is 38.2 Å². The molecule has 4 nitrogen and oxygen atoms in total. The summed E-state index contributed by atoms with van der Waals surface area (Å²) in [5, 5.41) is 0.685. The topological polar surface area (TPSA) is 46.6 Å². The van der Waals surface area contributed by atoms with E-state index in [1.165, 1.54) is 0 Å². The molecule has 164 valence electrons. The Morgan fingerprint density at radius 2 is 1.73 bits per heavy atom. The Morgan fingerprint density at radius 3 is 2.30 bits per heavy atom. The molecule has 0 atom stereocenters. The molecule has 0 aliphatic carbocycles. The van der Waals surface area contributed by atoms with Gasteiger partial charge in [-0.25, -0.2) is 8.42 Å². The van der Waals surface area contributed by atoms with E-state index in [1.54, 1.807) is 28.2 Å². The second kappa shape index (κ2) is 9.61. The van der Waals surface area contributed by atoms with Crippen molar-refractivity contribution >= 4 is 33.4 Å². The van der Waals surface area contributed by atoms with Crippen LogP contribution in [0.15, 0.2) is 52.3 Å². The maximum atomic E-state index is 13.7. The van der Waals surface area contributed by atoms with Crippen molar-refractivity contribution in [3.63, 3.8) is 0 Å². The van der Waals surface area contributed by atoms with Crippen molar-refractivity contribution in [2.75, 3.05) is 19.5 Å². The van der Waals surface area contributed by atoms with E-state index in [2.05, 4.69) is 20.8 Å². The summed E-state index contributed by atoms with van der Waals surface area (Å²) in [6.45, 7) is 7.84. The normalized spacial score (nSPS) is 16.2. The number of benzene rings is 2. The number of nitrogens with zero attached hydrogens (tertiary/aromatic N) is 1. The van der Waals surface area contributed by atoms with Crippen LogP contribution >= 0.6 is 23.4 Å². The van der Waals surface area contributed by atoms with Gasteiger partial charge < -0.3 is 4.74 Å². The first kappa shape index (κ1) is 23.6. The van der Waals surface area contributed by atoms with E-state index in [4.69, 9.17) is 16.3 Å². The predicted molar refractivity (Wildman–Crippen MR) is 125 cm³/mol. The monoisotopic (exact) mass is 467 g/mol. The molecule has 0 aromatic heterocycles. The smallest absolute Gasteiger partial charge is 0.243 e. The van der Waals surface area contributed by atoms with Gasteiger partial charge in [0.05, 0.1) is 9.92 Å². The Bertz CT molecular complexity index is 963. The molecule has 3 rings (SSSR count). The molecule has 1 fully saturated rings. The van der Waals surface area contributed by atoms with Gasteiger partial charge in [-0.1, -0.05) is 50.6 Å². The summed E-state index contributed by atoms with van der Waals surface area (Å²) in [4.78, 5) is 1.29. The van der Waals surface area contributed by atoms with E-state index < -0.39 is 10.0 Å². The van der Waals surface area contributed by atoms with Crippen molar-refractivity contribution in [3.05, 3.63) is 58.6 Å². The fourth-order valence-corrected chi connectivity index (χ4v) is 6.18. The lowest BCUT2D eigenvalue weighted by Crippen LogP contribution is -2.42. The molecule has 0 radical (unpaired) electrons. The maximum Gasteiger partial charge on any atom is 0.243 e. The third-order valence-corrected chi connectivity index (χ3v) is 8.61. The number of sulfonamides is 1. The van der Waals surface area contributed by atoms with Crippen LogP contribution < -0.4 is 0 Å². The summed E-state index contributed by atoms with van der Waals surface area (Å²) >= 11 is 7.81. The van der Waals surface area contributed by atoms with Crippen LogP contribution in [0.3, 0.4) is 0 Å². The Morgan fingerprint density at radius 1 is 1.10 bits per heavy atom. The fourth-order valence-electron chi connectivity index (χ4n) is 3.63. The Balaban J connectivity index is 1.96. The molecular formula is C23H30ClNO3S2. The highest BCUT2D eigenvalue weighted by Crippen LogP contribution is 2.31. The highest BCUT2D eigenvalue weighted by molar-refractivity contribution is 7.98. The van der Waals surface area contributed by atoms with Gasteiger partial charge in [0.1, 0.15) is 0 Å². The number of hydrogen-bond acceptors (Lipinski definition) is 4. The zero-order valence-electron chi connectivity index (χ0n) is 18.0. The van der Waals surface area contributed by atoms with Crippen molar-refractivity contribution in [1.29, 1.82) is 0 Å². The van der Waals surface area contributed by atoms with Crippen LogP contribution in [-0.2, 0) is 26.7 Å². The van der Waals surface area contributed by atoms with Crippen LogP contribution in [0.4, 0.5) is 0 Å². The van der Waals surface area contributed by atoms with Crippen LogP contribution in [0.2, 0.25) is 5.02 Å². The summed E-state index contributed by atoms with van der Waals surface area (Å²) in [5.74, 6) is 0. The van der Waals surface area contributed by atoms with Crippen molar-refractivity contribution in [1.82, 2.24) is 4.31 Å². The van der Waals surface area contributed by atoms with Crippen LogP contribution in [0.25, 0.3) is 0 Å². The summed E-state index contributed by atoms with van der Waals surface area (Å²) in [5.41, 5.74) is 2.02. The van der Waals surface area contributed by atoms with Crippen molar-refractivity contribution in [2.45, 2.75) is 61.4 Å². The van der Waals surface area contributed by atoms with E-state index in [0.29, 0.717) is 42.5 Å². The lowest BCUT2D eigenvalue weighted by atomic mass is 9.87. The van der Waals surface area contributed by atoms with Gasteiger partial charge in [-0.2, -0.15) is 4.31 Å². The Kier molecular flexibility index (Phi) is 7.57. The minimum Gasteiger partial charge on any atom is -0.381 e. The molecule has 0 saturated carbocycles. The standard InChI is InChI=1S/C23H30ClNO3S2/c1-23(2,3)18-6-8-20(9-7-18)30(26,27)25(19-11-13-28-14-12-19)16-17-5-10-21(24)22(15-17)29-4/h5-10,15,19H,11-14,16H2,1-4H3. The van der Waals surface area contributed by atoms with Crippen LogP contribution in [0, 0.1) is 0 Å². The summed E-state index contributed by atoms with van der Waals surface area (Å²) < 4.78 is 34.5. The first-order valence-electron chi connectivity index (χ1n) is 10.2. The molecule has 1 heterocycles. The van der Waals surface area contributed by atoms with E-state index >= 15 is 0 Å². The molecule has 1 aliphatic heterocycles. The number of ether oxygens (including phenoxy) is 1. The number of hydrogen-bond donors (Lipinski definition) is 0. The van der Waals surface area contributed by atoms with Crippen molar-refractivity contribution < 1.29 is 13.2 Å². The minimum atomic E-state index is -3.65. The average Bonchev–Trinajstić information content (AvgIpc) is 2.73. The van der Waals surface area contributed by atoms with Crippen LogP contribution in [0.5, 0.6) is 0 Å². The molecule has 1 saturated heterocycles. The molecule has 0 bridgehead atoms. The van der Waals surface area contributed by atoms with E-state index in [1.807, 2.05) is 36.6 Å². The predicted octanol–water partition coefficient (Wildman–Crippen LogP) is 5.73. The SMILES string of the molecule is CSc1cc(CN(C2CCOCC2)S(=O)(=O)c2ccc(C(C)(C)C)cc2)ccc1Cl. The highest BCUT2D eigenvalue weighted by atomic mass is 35.5. The molecule has 30 heavy (non-hydrogen) atoms. The van der Waals surface area contributed by atoms with Gasteiger partial charge in [-0.05, 0) is 59.9 Å². The van der Waals surface area contributed by atoms with E-state index in [9.17, 15) is 8.42 Å². The Labute approximate surface area is 190 Å². The first-order chi connectivity index (χ1) is 14.1. The molecule has 2 aromatic rings. The highest BCUT2D eigenvalue weighted by Gasteiger charge is 2.33. The molecule has 7 heteroatoms. The second-order valence-electron chi connectivity index (χ2n) is 8.64. The zero-order chi connectivity index (χ0) is 21.9. The quantitative estimate of drug-likeness (QED) is 0.509. The number of halogens is 1. The molecule has 1 aliphatic rings. The lowest BCUT2D eigenvalue weighted by Gasteiger charge is -2.33. The van der Waals surface area contributed by atoms with Gasteiger partial charge in [0.25, 0.3) is 0 Å². The zero-order valence-corrected chi connectivity index (χ0v) is 20.4. The van der Waals surface area contributed by atoms with Gasteiger partial charge in [0.2, 0.25) is 10.0 Å². The number of thioether (sulfide) groups is 1. The van der Waals surface area contributed by atoms with Gasteiger partial charge >= 0.3 is 0 Å². The summed E-state index contributed by atoms with van der Waals surface area (Å²) in [6.07, 6.45) is 3.36. The summed E-state index contributed by atoms with van der Waals surface area (Å²) in [7, 11) is -3.65. The summed E-state index contributed by atoms with van der Waals surface area (Å²) in [6, 6.07) is 13.0. The third-order valence-electron chi connectivity index (χ3n) is 5.48. The fraction of sp³-hybridized carbons (Fsp3) is 0.478. The largest absolute Gasteiger partial charge is 0.381 e. The minimum absolute atomic E-state index is 0.0276. The van der Waals surface area contributed by atoms with Gasteiger partial charge in [0.15, 0.2) is 0 Å². The van der Waals surface area contributed by atoms with E-state index in [-0.39, 0.29) is 11.5 Å². The second-order valence-corrected chi connectivity index (χ2v) is 11.8. The molecule has 0 amide bonds. The van der Waals surface area contributed by atoms with Gasteiger partial charge in [0, 0.05) is 30.7 Å². The molecular weight excluding hydrogens is 438 g/mol.